The smallest absolute Gasteiger partial charge is 0.396 e. The lowest BCUT2D eigenvalue weighted by Gasteiger charge is -2.20. The van der Waals surface area contributed by atoms with E-state index in [-0.39, 0.29) is 42.4 Å². The Morgan fingerprint density at radius 2 is 1.88 bits per heavy atom. The first-order chi connectivity index (χ1) is 15.3. The molecular weight excluding hydrogens is 433 g/mol. The Hall–Kier alpha value is -2.42. The Morgan fingerprint density at radius 3 is 2.45 bits per heavy atom. The minimum absolute atomic E-state index is 0.0589. The maximum atomic E-state index is 13.4. The summed E-state index contributed by atoms with van der Waals surface area (Å²) in [6.45, 7) is 8.54. The van der Waals surface area contributed by atoms with Crippen LogP contribution in [0.1, 0.15) is 75.1 Å². The summed E-state index contributed by atoms with van der Waals surface area (Å²) in [5.74, 6) is -0.699. The number of nitrogens with zero attached hydrogens (tertiary/aromatic N) is 3. The second kappa shape index (κ2) is 11.1. The summed E-state index contributed by atoms with van der Waals surface area (Å²) in [7, 11) is 0. The predicted octanol–water partition coefficient (Wildman–Crippen LogP) is 5.32. The molecule has 2 rings (SSSR count). The number of rotatable bonds is 10. The number of anilines is 1. The van der Waals surface area contributed by atoms with Crippen molar-refractivity contribution in [3.05, 3.63) is 41.0 Å². The largest absolute Gasteiger partial charge is 0.406 e. The van der Waals surface area contributed by atoms with Crippen molar-refractivity contribution in [2.45, 2.75) is 85.4 Å². The van der Waals surface area contributed by atoms with Crippen LogP contribution in [0.15, 0.2) is 18.2 Å². The first-order valence-corrected chi connectivity index (χ1v) is 11.3. The SMILES string of the molecule is Cc1ccc(NC(=O)C[C@H](CCO)c2nnc(CCCC(C)(C)C)n2CC(F)(F)F)c(C)c1. The third kappa shape index (κ3) is 8.79. The number of aryl methyl sites for hydroxylation is 3. The molecule has 0 saturated carbocycles. The summed E-state index contributed by atoms with van der Waals surface area (Å²) in [6.07, 6.45) is -2.58. The Balaban J connectivity index is 2.25. The molecule has 1 amide bonds. The van der Waals surface area contributed by atoms with E-state index in [2.05, 4.69) is 36.3 Å². The van der Waals surface area contributed by atoms with Crippen molar-refractivity contribution in [3.8, 4) is 0 Å². The lowest BCUT2D eigenvalue weighted by Crippen LogP contribution is -2.25. The lowest BCUT2D eigenvalue weighted by atomic mass is 9.90. The number of hydrogen-bond acceptors (Lipinski definition) is 4. The van der Waals surface area contributed by atoms with E-state index < -0.39 is 18.6 Å². The van der Waals surface area contributed by atoms with Crippen molar-refractivity contribution in [2.24, 2.45) is 5.41 Å². The number of hydrogen-bond donors (Lipinski definition) is 2. The van der Waals surface area contributed by atoms with Crippen molar-refractivity contribution >= 4 is 11.6 Å². The van der Waals surface area contributed by atoms with Crippen molar-refractivity contribution in [3.63, 3.8) is 0 Å². The molecule has 0 radical (unpaired) electrons. The van der Waals surface area contributed by atoms with E-state index in [0.29, 0.717) is 18.5 Å². The van der Waals surface area contributed by atoms with E-state index in [4.69, 9.17) is 0 Å². The zero-order valence-electron chi connectivity index (χ0n) is 20.1. The quantitative estimate of drug-likeness (QED) is 0.495. The van der Waals surface area contributed by atoms with Gasteiger partial charge in [-0.3, -0.25) is 4.79 Å². The van der Waals surface area contributed by atoms with Gasteiger partial charge in [0.1, 0.15) is 18.2 Å². The van der Waals surface area contributed by atoms with E-state index >= 15 is 0 Å². The van der Waals surface area contributed by atoms with Gasteiger partial charge in [0.05, 0.1) is 0 Å². The number of carbonyl (C=O) groups is 1. The second-order valence-corrected chi connectivity index (χ2v) is 9.87. The van der Waals surface area contributed by atoms with Gasteiger partial charge in [-0.25, -0.2) is 0 Å². The van der Waals surface area contributed by atoms with Crippen LogP contribution in [0.5, 0.6) is 0 Å². The zero-order valence-corrected chi connectivity index (χ0v) is 20.1. The molecule has 0 aliphatic heterocycles. The number of nitrogens with one attached hydrogen (secondary N) is 1. The monoisotopic (exact) mass is 468 g/mol. The Kier molecular flexibility index (Phi) is 9.05. The van der Waals surface area contributed by atoms with Gasteiger partial charge in [0.15, 0.2) is 0 Å². The fraction of sp³-hybridized carbons (Fsp3) is 0.625. The van der Waals surface area contributed by atoms with Gasteiger partial charge in [-0.2, -0.15) is 13.2 Å². The van der Waals surface area contributed by atoms with E-state index in [1.807, 2.05) is 26.0 Å². The van der Waals surface area contributed by atoms with Gasteiger partial charge in [0.25, 0.3) is 0 Å². The van der Waals surface area contributed by atoms with Gasteiger partial charge in [-0.1, -0.05) is 38.5 Å². The van der Waals surface area contributed by atoms with Crippen LogP contribution < -0.4 is 5.32 Å². The highest BCUT2D eigenvalue weighted by molar-refractivity contribution is 5.92. The summed E-state index contributed by atoms with van der Waals surface area (Å²) >= 11 is 0. The molecule has 1 aromatic heterocycles. The molecule has 0 saturated heterocycles. The third-order valence-corrected chi connectivity index (χ3v) is 5.45. The fourth-order valence-electron chi connectivity index (χ4n) is 3.82. The van der Waals surface area contributed by atoms with Crippen LogP contribution in [0.2, 0.25) is 0 Å². The zero-order chi connectivity index (χ0) is 24.8. The molecule has 9 heteroatoms. The summed E-state index contributed by atoms with van der Waals surface area (Å²) in [6, 6.07) is 5.60. The normalized spacial score (nSPS) is 13.2. The number of aliphatic hydroxyl groups excluding tert-OH is 1. The summed E-state index contributed by atoms with van der Waals surface area (Å²) < 4.78 is 41.2. The van der Waals surface area contributed by atoms with Crippen molar-refractivity contribution < 1.29 is 23.1 Å². The standard InChI is InChI=1S/C24H35F3N4O2/c1-16-8-9-19(17(2)13-16)28-21(33)14-18(10-12-32)22-30-29-20(7-6-11-23(3,4)5)31(22)15-24(25,26)27/h8-9,13,18,32H,6-7,10-12,14-15H2,1-5H3,(H,28,33)/t18-/m0/s1. The number of carbonyl (C=O) groups excluding carboxylic acids is 1. The van der Waals surface area contributed by atoms with Gasteiger partial charge in [-0.05, 0) is 50.2 Å². The number of benzene rings is 1. The number of amides is 1. The minimum Gasteiger partial charge on any atom is -0.396 e. The maximum absolute atomic E-state index is 13.4. The molecule has 0 unspecified atom stereocenters. The molecule has 2 N–H and O–H groups in total. The highest BCUT2D eigenvalue weighted by Crippen LogP contribution is 2.29. The van der Waals surface area contributed by atoms with Crippen LogP contribution in [0.3, 0.4) is 0 Å². The Labute approximate surface area is 193 Å². The summed E-state index contributed by atoms with van der Waals surface area (Å²) in [5.41, 5.74) is 2.66. The van der Waals surface area contributed by atoms with Crippen LogP contribution in [0, 0.1) is 19.3 Å². The molecule has 0 bridgehead atoms. The van der Waals surface area contributed by atoms with Crippen LogP contribution in [-0.4, -0.2) is 38.6 Å². The molecule has 0 fully saturated rings. The number of alkyl halides is 3. The lowest BCUT2D eigenvalue weighted by molar-refractivity contribution is -0.141. The Bertz CT molecular complexity index is 933. The molecule has 1 aromatic carbocycles. The van der Waals surface area contributed by atoms with Gasteiger partial charge in [0, 0.05) is 31.1 Å². The van der Waals surface area contributed by atoms with Crippen LogP contribution in [-0.2, 0) is 17.8 Å². The number of aromatic nitrogens is 3. The van der Waals surface area contributed by atoms with E-state index in [9.17, 15) is 23.1 Å². The maximum Gasteiger partial charge on any atom is 0.406 e. The molecule has 184 valence electrons. The van der Waals surface area contributed by atoms with Crippen LogP contribution in [0.4, 0.5) is 18.9 Å². The van der Waals surface area contributed by atoms with Gasteiger partial charge < -0.3 is 15.0 Å². The molecule has 33 heavy (non-hydrogen) atoms. The molecule has 2 aromatic rings. The highest BCUT2D eigenvalue weighted by Gasteiger charge is 2.33. The van der Waals surface area contributed by atoms with Crippen LogP contribution in [0.25, 0.3) is 0 Å². The second-order valence-electron chi connectivity index (χ2n) is 9.87. The molecule has 6 nitrogen and oxygen atoms in total. The van der Waals surface area contributed by atoms with Gasteiger partial charge in [0.2, 0.25) is 5.91 Å². The highest BCUT2D eigenvalue weighted by atomic mass is 19.4. The molecule has 0 spiro atoms. The molecular formula is C24H35F3N4O2. The van der Waals surface area contributed by atoms with Crippen molar-refractivity contribution in [2.75, 3.05) is 11.9 Å². The van der Waals surface area contributed by atoms with Gasteiger partial charge >= 0.3 is 6.18 Å². The van der Waals surface area contributed by atoms with Crippen molar-refractivity contribution in [1.29, 1.82) is 0 Å². The number of halogens is 3. The Morgan fingerprint density at radius 1 is 1.18 bits per heavy atom. The molecule has 0 aliphatic rings. The topological polar surface area (TPSA) is 80.0 Å². The van der Waals surface area contributed by atoms with Crippen molar-refractivity contribution in [1.82, 2.24) is 14.8 Å². The van der Waals surface area contributed by atoms with E-state index in [1.54, 1.807) is 6.07 Å². The minimum atomic E-state index is -4.46. The molecule has 1 heterocycles. The summed E-state index contributed by atoms with van der Waals surface area (Å²) in [4.78, 5) is 12.7. The van der Waals surface area contributed by atoms with E-state index in [0.717, 1.165) is 22.1 Å². The average molecular weight is 469 g/mol. The van der Waals surface area contributed by atoms with E-state index in [1.165, 1.54) is 0 Å². The molecule has 0 aliphatic carbocycles. The predicted molar refractivity (Wildman–Crippen MR) is 122 cm³/mol. The molecule has 1 atom stereocenters. The van der Waals surface area contributed by atoms with Gasteiger partial charge in [-0.15, -0.1) is 10.2 Å². The first kappa shape index (κ1) is 26.8. The third-order valence-electron chi connectivity index (χ3n) is 5.45. The fourth-order valence-corrected chi connectivity index (χ4v) is 3.82. The van der Waals surface area contributed by atoms with Crippen LogP contribution >= 0.6 is 0 Å². The average Bonchev–Trinajstić information content (AvgIpc) is 3.03. The summed E-state index contributed by atoms with van der Waals surface area (Å²) in [5, 5.41) is 20.4. The number of aliphatic hydroxyl groups is 1. The first-order valence-electron chi connectivity index (χ1n) is 11.3.